The number of allylic oxidation sites excluding steroid dienone is 2. The molecule has 0 aromatic rings. The largest absolute Gasteiger partial charge is 0.481 e. The molecule has 4 heteroatoms. The second-order valence-electron chi connectivity index (χ2n) is 7.04. The number of carbonyl (C=O) groups is 2. The SMILES string of the molecule is CC.CCCCCCC/C=C/C(CCCCCCC)C(CC(=O)O)C(=O)O. The van der Waals surface area contributed by atoms with E-state index < -0.39 is 17.9 Å². The molecule has 0 heterocycles. The molecule has 2 atom stereocenters. The molecule has 0 aliphatic heterocycles. The van der Waals surface area contributed by atoms with Gasteiger partial charge in [-0.25, -0.2) is 0 Å². The lowest BCUT2D eigenvalue weighted by Gasteiger charge is -2.20. The van der Waals surface area contributed by atoms with Gasteiger partial charge in [0.15, 0.2) is 0 Å². The van der Waals surface area contributed by atoms with Gasteiger partial charge in [-0.2, -0.15) is 0 Å². The molecule has 4 nitrogen and oxygen atoms in total. The first-order valence-corrected chi connectivity index (χ1v) is 11.1. The van der Waals surface area contributed by atoms with Gasteiger partial charge in [0.1, 0.15) is 0 Å². The minimum Gasteiger partial charge on any atom is -0.481 e. The highest BCUT2D eigenvalue weighted by Gasteiger charge is 2.28. The highest BCUT2D eigenvalue weighted by molar-refractivity contribution is 5.78. The van der Waals surface area contributed by atoms with E-state index in [1.165, 1.54) is 44.9 Å². The van der Waals surface area contributed by atoms with E-state index >= 15 is 0 Å². The Morgan fingerprint density at radius 3 is 1.81 bits per heavy atom. The van der Waals surface area contributed by atoms with Crippen LogP contribution in [0.15, 0.2) is 12.2 Å². The van der Waals surface area contributed by atoms with Gasteiger partial charge in [0.05, 0.1) is 12.3 Å². The minimum atomic E-state index is -1.03. The summed E-state index contributed by atoms with van der Waals surface area (Å²) in [4.78, 5) is 22.5. The zero-order valence-electron chi connectivity index (χ0n) is 18.2. The lowest BCUT2D eigenvalue weighted by molar-refractivity contribution is -0.149. The van der Waals surface area contributed by atoms with Crippen LogP contribution in [-0.2, 0) is 9.59 Å². The van der Waals surface area contributed by atoms with Crippen molar-refractivity contribution in [3.05, 3.63) is 12.2 Å². The molecule has 0 radical (unpaired) electrons. The summed E-state index contributed by atoms with van der Waals surface area (Å²) in [5.41, 5.74) is 0. The van der Waals surface area contributed by atoms with Crippen molar-refractivity contribution in [2.24, 2.45) is 11.8 Å². The van der Waals surface area contributed by atoms with E-state index in [0.717, 1.165) is 32.1 Å². The Labute approximate surface area is 167 Å². The van der Waals surface area contributed by atoms with Crippen molar-refractivity contribution in [3.63, 3.8) is 0 Å². The summed E-state index contributed by atoms with van der Waals surface area (Å²) in [6.45, 7) is 8.36. The molecule has 0 bridgehead atoms. The molecule has 0 saturated heterocycles. The van der Waals surface area contributed by atoms with Crippen molar-refractivity contribution in [1.82, 2.24) is 0 Å². The molecule has 0 amide bonds. The van der Waals surface area contributed by atoms with Crippen molar-refractivity contribution in [2.45, 2.75) is 111 Å². The van der Waals surface area contributed by atoms with Gasteiger partial charge in [-0.3, -0.25) is 9.59 Å². The van der Waals surface area contributed by atoms with Crippen LogP contribution in [0.2, 0.25) is 0 Å². The normalized spacial score (nSPS) is 13.0. The molecule has 0 aromatic carbocycles. The third-order valence-electron chi connectivity index (χ3n) is 4.73. The van der Waals surface area contributed by atoms with Gasteiger partial charge < -0.3 is 10.2 Å². The molecule has 0 aliphatic carbocycles. The molecule has 27 heavy (non-hydrogen) atoms. The summed E-state index contributed by atoms with van der Waals surface area (Å²) in [6, 6.07) is 0. The van der Waals surface area contributed by atoms with Crippen LogP contribution >= 0.6 is 0 Å². The smallest absolute Gasteiger partial charge is 0.307 e. The van der Waals surface area contributed by atoms with Gasteiger partial charge in [-0.1, -0.05) is 97.6 Å². The first-order chi connectivity index (χ1) is 13.0. The van der Waals surface area contributed by atoms with E-state index in [2.05, 4.69) is 19.9 Å². The van der Waals surface area contributed by atoms with Gasteiger partial charge >= 0.3 is 11.9 Å². The number of aliphatic carboxylic acids is 2. The van der Waals surface area contributed by atoms with Crippen LogP contribution in [0.4, 0.5) is 0 Å². The standard InChI is InChI=1S/C21H38O4.C2H6/c1-3-5-7-9-10-12-14-16-18(15-13-11-8-6-4-2)19(21(24)25)17-20(22)23;1-2/h14,16,18-19H,3-13,15,17H2,1-2H3,(H,22,23)(H,24,25);1-2H3/b16-14+;. The maximum atomic E-state index is 11.5. The van der Waals surface area contributed by atoms with Gasteiger partial charge in [0.25, 0.3) is 0 Å². The predicted molar refractivity (Wildman–Crippen MR) is 114 cm³/mol. The second kappa shape index (κ2) is 21.0. The third kappa shape index (κ3) is 17.8. The number of unbranched alkanes of at least 4 members (excludes halogenated alkanes) is 9. The quantitative estimate of drug-likeness (QED) is 0.207. The lowest BCUT2D eigenvalue weighted by Crippen LogP contribution is -2.25. The third-order valence-corrected chi connectivity index (χ3v) is 4.73. The zero-order chi connectivity index (χ0) is 20.9. The number of rotatable bonds is 17. The second-order valence-corrected chi connectivity index (χ2v) is 7.04. The topological polar surface area (TPSA) is 74.6 Å². The first-order valence-electron chi connectivity index (χ1n) is 11.1. The lowest BCUT2D eigenvalue weighted by atomic mass is 9.84. The van der Waals surface area contributed by atoms with Crippen LogP contribution in [0.5, 0.6) is 0 Å². The van der Waals surface area contributed by atoms with E-state index in [0.29, 0.717) is 0 Å². The van der Waals surface area contributed by atoms with E-state index in [1.807, 2.05) is 19.9 Å². The summed E-state index contributed by atoms with van der Waals surface area (Å²) in [7, 11) is 0. The average molecular weight is 385 g/mol. The maximum Gasteiger partial charge on any atom is 0.307 e. The zero-order valence-corrected chi connectivity index (χ0v) is 18.2. The highest BCUT2D eigenvalue weighted by Crippen LogP contribution is 2.25. The van der Waals surface area contributed by atoms with Crippen molar-refractivity contribution in [1.29, 1.82) is 0 Å². The maximum absolute atomic E-state index is 11.5. The summed E-state index contributed by atoms with van der Waals surface area (Å²) in [6.07, 6.45) is 17.1. The Balaban J connectivity index is 0. The van der Waals surface area contributed by atoms with E-state index in [9.17, 15) is 14.7 Å². The molecule has 160 valence electrons. The Kier molecular flexibility index (Phi) is 21.7. The molecule has 0 saturated carbocycles. The van der Waals surface area contributed by atoms with Gasteiger partial charge in [0, 0.05) is 0 Å². The minimum absolute atomic E-state index is 0.175. The van der Waals surface area contributed by atoms with Crippen molar-refractivity contribution in [2.75, 3.05) is 0 Å². The fraction of sp³-hybridized carbons (Fsp3) is 0.826. The van der Waals surface area contributed by atoms with Crippen LogP contribution in [0.3, 0.4) is 0 Å². The van der Waals surface area contributed by atoms with Crippen molar-refractivity contribution >= 4 is 11.9 Å². The first kappa shape index (κ1) is 27.9. The van der Waals surface area contributed by atoms with E-state index in [4.69, 9.17) is 5.11 Å². The number of hydrogen-bond donors (Lipinski definition) is 2. The number of carboxylic acids is 2. The summed E-state index contributed by atoms with van der Waals surface area (Å²) >= 11 is 0. The van der Waals surface area contributed by atoms with Crippen LogP contribution in [0.1, 0.15) is 111 Å². The van der Waals surface area contributed by atoms with Crippen LogP contribution < -0.4 is 0 Å². The molecule has 0 spiro atoms. The molecule has 0 rings (SSSR count). The van der Waals surface area contributed by atoms with Crippen LogP contribution in [-0.4, -0.2) is 22.2 Å². The van der Waals surface area contributed by atoms with Gasteiger partial charge in [-0.15, -0.1) is 0 Å². The monoisotopic (exact) mass is 384 g/mol. The Morgan fingerprint density at radius 2 is 1.33 bits per heavy atom. The molecular formula is C23H44O4. The Bertz CT molecular complexity index is 377. The Morgan fingerprint density at radius 1 is 0.815 bits per heavy atom. The molecule has 2 N–H and O–H groups in total. The molecule has 0 aromatic heterocycles. The van der Waals surface area contributed by atoms with E-state index in [1.54, 1.807) is 0 Å². The van der Waals surface area contributed by atoms with Crippen molar-refractivity contribution < 1.29 is 19.8 Å². The summed E-state index contributed by atoms with van der Waals surface area (Å²) in [5.74, 6) is -3.02. The van der Waals surface area contributed by atoms with Gasteiger partial charge in [0.2, 0.25) is 0 Å². The van der Waals surface area contributed by atoms with Crippen LogP contribution in [0, 0.1) is 11.8 Å². The molecule has 0 aliphatic rings. The number of carboxylic acid groups (broad SMARTS) is 2. The van der Waals surface area contributed by atoms with Crippen LogP contribution in [0.25, 0.3) is 0 Å². The summed E-state index contributed by atoms with van der Waals surface area (Å²) < 4.78 is 0. The predicted octanol–water partition coefficient (Wildman–Crippen LogP) is 7.08. The Hall–Kier alpha value is -1.32. The molecule has 2 unspecified atom stereocenters. The van der Waals surface area contributed by atoms with Crippen molar-refractivity contribution in [3.8, 4) is 0 Å². The van der Waals surface area contributed by atoms with Gasteiger partial charge in [-0.05, 0) is 25.2 Å². The highest BCUT2D eigenvalue weighted by atomic mass is 16.4. The fourth-order valence-corrected chi connectivity index (χ4v) is 3.16. The molecule has 0 fully saturated rings. The fourth-order valence-electron chi connectivity index (χ4n) is 3.16. The van der Waals surface area contributed by atoms with E-state index in [-0.39, 0.29) is 12.3 Å². The summed E-state index contributed by atoms with van der Waals surface area (Å²) in [5, 5.41) is 18.5. The number of hydrogen-bond acceptors (Lipinski definition) is 2. The average Bonchev–Trinajstić information content (AvgIpc) is 2.65. The molecular weight excluding hydrogens is 340 g/mol.